The molecule has 0 spiro atoms. The number of benzene rings is 2. The fourth-order valence-corrected chi connectivity index (χ4v) is 1.91. The minimum Gasteiger partial charge on any atom is -0.497 e. The average molecular weight is 280 g/mol. The molecule has 2 aromatic rings. The second-order valence-electron chi connectivity index (χ2n) is 4.15. The van der Waals surface area contributed by atoms with Gasteiger partial charge in [-0.05, 0) is 35.4 Å². The topological polar surface area (TPSA) is 26.3 Å². The minimum atomic E-state index is -4.49. The van der Waals surface area contributed by atoms with Gasteiger partial charge in [0.1, 0.15) is 12.0 Å². The lowest BCUT2D eigenvalue weighted by atomic mass is 9.97. The van der Waals surface area contributed by atoms with E-state index in [1.165, 1.54) is 19.2 Å². The third-order valence-corrected chi connectivity index (χ3v) is 2.87. The Balaban J connectivity index is 2.66. The van der Waals surface area contributed by atoms with E-state index < -0.39 is 11.7 Å². The summed E-state index contributed by atoms with van der Waals surface area (Å²) in [5, 5.41) is 0. The Bertz CT molecular complexity index is 633. The predicted molar refractivity (Wildman–Crippen MR) is 68.8 cm³/mol. The van der Waals surface area contributed by atoms with Crippen LogP contribution >= 0.6 is 0 Å². The number of hydrogen-bond acceptors (Lipinski definition) is 2. The molecule has 2 aromatic carbocycles. The first-order valence-corrected chi connectivity index (χ1v) is 5.76. The molecule has 0 aromatic heterocycles. The second-order valence-corrected chi connectivity index (χ2v) is 4.15. The Hall–Kier alpha value is -2.30. The molecular formula is C15H11F3O2. The van der Waals surface area contributed by atoms with E-state index in [0.717, 1.165) is 12.1 Å². The molecule has 104 valence electrons. The van der Waals surface area contributed by atoms with E-state index >= 15 is 0 Å². The number of methoxy groups -OCH3 is 1. The first kappa shape index (κ1) is 14.1. The van der Waals surface area contributed by atoms with Gasteiger partial charge in [-0.1, -0.05) is 18.2 Å². The molecule has 0 radical (unpaired) electrons. The maximum atomic E-state index is 13.0. The van der Waals surface area contributed by atoms with Crippen molar-refractivity contribution in [3.05, 3.63) is 53.6 Å². The van der Waals surface area contributed by atoms with Crippen LogP contribution in [0.15, 0.2) is 42.5 Å². The Kier molecular flexibility index (Phi) is 3.79. The molecule has 0 atom stereocenters. The van der Waals surface area contributed by atoms with Gasteiger partial charge in [0, 0.05) is 5.56 Å². The van der Waals surface area contributed by atoms with Gasteiger partial charge < -0.3 is 4.74 Å². The summed E-state index contributed by atoms with van der Waals surface area (Å²) in [5.74, 6) is 0.451. The quantitative estimate of drug-likeness (QED) is 0.788. The largest absolute Gasteiger partial charge is 0.497 e. The van der Waals surface area contributed by atoms with E-state index in [0.29, 0.717) is 17.6 Å². The summed E-state index contributed by atoms with van der Waals surface area (Å²) in [5.41, 5.74) is -0.284. The third kappa shape index (κ3) is 2.82. The monoisotopic (exact) mass is 280 g/mol. The molecule has 2 nitrogen and oxygen atoms in total. The average Bonchev–Trinajstić information content (AvgIpc) is 2.45. The molecule has 0 fully saturated rings. The van der Waals surface area contributed by atoms with E-state index in [-0.39, 0.29) is 11.1 Å². The molecule has 0 aliphatic rings. The summed E-state index contributed by atoms with van der Waals surface area (Å²) in [6.45, 7) is 0. The zero-order chi connectivity index (χ0) is 14.8. The summed E-state index contributed by atoms with van der Waals surface area (Å²) >= 11 is 0. The SMILES string of the molecule is COc1cccc(-c2cc(C=O)ccc2C(F)(F)F)c1. The molecule has 0 aliphatic carbocycles. The van der Waals surface area contributed by atoms with Crippen molar-refractivity contribution in [1.82, 2.24) is 0 Å². The highest BCUT2D eigenvalue weighted by molar-refractivity contribution is 5.80. The van der Waals surface area contributed by atoms with Gasteiger partial charge in [-0.3, -0.25) is 4.79 Å². The van der Waals surface area contributed by atoms with Gasteiger partial charge in [0.2, 0.25) is 0 Å². The van der Waals surface area contributed by atoms with Crippen LogP contribution in [0.1, 0.15) is 15.9 Å². The van der Waals surface area contributed by atoms with Gasteiger partial charge in [-0.2, -0.15) is 13.2 Å². The molecule has 0 heterocycles. The smallest absolute Gasteiger partial charge is 0.417 e. The Labute approximate surface area is 113 Å². The van der Waals surface area contributed by atoms with Crippen LogP contribution in [0.2, 0.25) is 0 Å². The maximum Gasteiger partial charge on any atom is 0.417 e. The molecule has 0 N–H and O–H groups in total. The van der Waals surface area contributed by atoms with Crippen LogP contribution in [0.25, 0.3) is 11.1 Å². The van der Waals surface area contributed by atoms with E-state index in [2.05, 4.69) is 0 Å². The van der Waals surface area contributed by atoms with Gasteiger partial charge in [-0.15, -0.1) is 0 Å². The van der Waals surface area contributed by atoms with Gasteiger partial charge >= 0.3 is 6.18 Å². The van der Waals surface area contributed by atoms with Crippen molar-refractivity contribution in [3.63, 3.8) is 0 Å². The zero-order valence-corrected chi connectivity index (χ0v) is 10.6. The highest BCUT2D eigenvalue weighted by atomic mass is 19.4. The summed E-state index contributed by atoms with van der Waals surface area (Å²) in [6.07, 6.45) is -3.97. The number of hydrogen-bond donors (Lipinski definition) is 0. The zero-order valence-electron chi connectivity index (χ0n) is 10.6. The molecule has 0 bridgehead atoms. The summed E-state index contributed by atoms with van der Waals surface area (Å²) in [4.78, 5) is 10.8. The van der Waals surface area contributed by atoms with Crippen molar-refractivity contribution in [3.8, 4) is 16.9 Å². The van der Waals surface area contributed by atoms with Crippen LogP contribution in [0.3, 0.4) is 0 Å². The standard InChI is InChI=1S/C15H11F3O2/c1-20-12-4-2-3-11(8-12)13-7-10(9-19)5-6-14(13)15(16,17)18/h2-9H,1H3. The fourth-order valence-electron chi connectivity index (χ4n) is 1.91. The van der Waals surface area contributed by atoms with Crippen molar-refractivity contribution in [1.29, 1.82) is 0 Å². The minimum absolute atomic E-state index is 0.0407. The van der Waals surface area contributed by atoms with Crippen LogP contribution in [0.5, 0.6) is 5.75 Å². The van der Waals surface area contributed by atoms with Crippen LogP contribution in [0, 0.1) is 0 Å². The molecule has 0 amide bonds. The molecule has 0 saturated carbocycles. The molecule has 0 saturated heterocycles. The molecule has 5 heteroatoms. The van der Waals surface area contributed by atoms with E-state index in [4.69, 9.17) is 4.74 Å². The fraction of sp³-hybridized carbons (Fsp3) is 0.133. The van der Waals surface area contributed by atoms with E-state index in [1.54, 1.807) is 18.2 Å². The van der Waals surface area contributed by atoms with Crippen LogP contribution in [0.4, 0.5) is 13.2 Å². The normalized spacial score (nSPS) is 11.2. The lowest BCUT2D eigenvalue weighted by Crippen LogP contribution is -2.07. The first-order valence-electron chi connectivity index (χ1n) is 5.76. The van der Waals surface area contributed by atoms with Gasteiger partial charge in [0.05, 0.1) is 12.7 Å². The Morgan fingerprint density at radius 1 is 1.10 bits per heavy atom. The molecule has 0 aliphatic heterocycles. The lowest BCUT2D eigenvalue weighted by Gasteiger charge is -2.14. The third-order valence-electron chi connectivity index (χ3n) is 2.87. The van der Waals surface area contributed by atoms with Crippen molar-refractivity contribution >= 4 is 6.29 Å². The first-order chi connectivity index (χ1) is 9.45. The number of carbonyl (C=O) groups excluding carboxylic acids is 1. The number of alkyl halides is 3. The number of halogens is 3. The van der Waals surface area contributed by atoms with Crippen LogP contribution < -0.4 is 4.74 Å². The molecule has 20 heavy (non-hydrogen) atoms. The van der Waals surface area contributed by atoms with Crippen LogP contribution in [-0.4, -0.2) is 13.4 Å². The highest BCUT2D eigenvalue weighted by Gasteiger charge is 2.33. The Morgan fingerprint density at radius 3 is 2.45 bits per heavy atom. The van der Waals surface area contributed by atoms with Gasteiger partial charge in [0.15, 0.2) is 0 Å². The van der Waals surface area contributed by atoms with Crippen molar-refractivity contribution in [2.45, 2.75) is 6.18 Å². The van der Waals surface area contributed by atoms with Crippen molar-refractivity contribution in [2.75, 3.05) is 7.11 Å². The lowest BCUT2D eigenvalue weighted by molar-refractivity contribution is -0.137. The predicted octanol–water partition coefficient (Wildman–Crippen LogP) is 4.19. The second kappa shape index (κ2) is 5.36. The summed E-state index contributed by atoms with van der Waals surface area (Å²) in [6, 6.07) is 9.58. The maximum absolute atomic E-state index is 13.0. The summed E-state index contributed by atoms with van der Waals surface area (Å²) in [7, 11) is 1.44. The summed E-state index contributed by atoms with van der Waals surface area (Å²) < 4.78 is 44.1. The number of rotatable bonds is 3. The Morgan fingerprint density at radius 2 is 1.85 bits per heavy atom. The molecular weight excluding hydrogens is 269 g/mol. The van der Waals surface area contributed by atoms with E-state index in [9.17, 15) is 18.0 Å². The van der Waals surface area contributed by atoms with Crippen LogP contribution in [-0.2, 0) is 6.18 Å². The molecule has 0 unspecified atom stereocenters. The van der Waals surface area contributed by atoms with E-state index in [1.807, 2.05) is 0 Å². The number of ether oxygens (including phenoxy) is 1. The molecule has 2 rings (SSSR count). The van der Waals surface area contributed by atoms with Crippen molar-refractivity contribution in [2.24, 2.45) is 0 Å². The highest BCUT2D eigenvalue weighted by Crippen LogP contribution is 2.38. The van der Waals surface area contributed by atoms with Gasteiger partial charge in [-0.25, -0.2) is 0 Å². The number of carbonyl (C=O) groups is 1. The van der Waals surface area contributed by atoms with Gasteiger partial charge in [0.25, 0.3) is 0 Å². The number of aldehydes is 1. The van der Waals surface area contributed by atoms with Crippen molar-refractivity contribution < 1.29 is 22.7 Å².